The Morgan fingerprint density at radius 3 is 2.67 bits per heavy atom. The van der Waals surface area contributed by atoms with Crippen molar-refractivity contribution in [2.75, 3.05) is 6.54 Å². The molecule has 0 amide bonds. The smallest absolute Gasteiger partial charge is 0.307 e. The predicted molar refractivity (Wildman–Crippen MR) is 79.9 cm³/mol. The molecule has 1 fully saturated rings. The number of benzene rings is 1. The van der Waals surface area contributed by atoms with Gasteiger partial charge in [-0.15, -0.1) is 0 Å². The van der Waals surface area contributed by atoms with Crippen molar-refractivity contribution in [2.24, 2.45) is 5.92 Å². The van der Waals surface area contributed by atoms with Gasteiger partial charge in [-0.1, -0.05) is 17.7 Å². The summed E-state index contributed by atoms with van der Waals surface area (Å²) in [5.74, 6) is -1.63. The molecule has 0 aromatic heterocycles. The normalized spacial score (nSPS) is 24.0. The Bertz CT molecular complexity index is 659. The highest BCUT2D eigenvalue weighted by Crippen LogP contribution is 2.31. The zero-order valence-electron chi connectivity index (χ0n) is 11.9. The van der Waals surface area contributed by atoms with E-state index < -0.39 is 21.9 Å². The first-order chi connectivity index (χ1) is 9.73. The van der Waals surface area contributed by atoms with Gasteiger partial charge in [0.25, 0.3) is 0 Å². The summed E-state index contributed by atoms with van der Waals surface area (Å²) in [7, 11) is -3.79. The molecule has 1 saturated heterocycles. The molecule has 21 heavy (non-hydrogen) atoms. The molecule has 2 atom stereocenters. The van der Waals surface area contributed by atoms with Crippen LogP contribution in [0.3, 0.4) is 0 Å². The van der Waals surface area contributed by atoms with Crippen LogP contribution in [0.5, 0.6) is 0 Å². The summed E-state index contributed by atoms with van der Waals surface area (Å²) in [5.41, 5.74) is 0.789. The van der Waals surface area contributed by atoms with Gasteiger partial charge in [0, 0.05) is 12.6 Å². The van der Waals surface area contributed by atoms with Crippen molar-refractivity contribution < 1.29 is 18.3 Å². The van der Waals surface area contributed by atoms with Crippen LogP contribution in [-0.4, -0.2) is 36.4 Å². The lowest BCUT2D eigenvalue weighted by molar-refractivity contribution is -0.143. The third-order valence-corrected chi connectivity index (χ3v) is 6.31. The molecule has 1 aromatic carbocycles. The zero-order valence-corrected chi connectivity index (χ0v) is 13.5. The summed E-state index contributed by atoms with van der Waals surface area (Å²) < 4.78 is 26.8. The second-order valence-corrected chi connectivity index (χ2v) is 7.74. The van der Waals surface area contributed by atoms with Gasteiger partial charge in [-0.3, -0.25) is 4.79 Å². The number of halogens is 1. The van der Waals surface area contributed by atoms with Crippen LogP contribution in [0.15, 0.2) is 23.1 Å². The van der Waals surface area contributed by atoms with Crippen LogP contribution in [-0.2, 0) is 14.8 Å². The number of piperidine rings is 1. The summed E-state index contributed by atoms with van der Waals surface area (Å²) in [6.07, 6.45) is 1.02. The van der Waals surface area contributed by atoms with Gasteiger partial charge >= 0.3 is 5.97 Å². The molecule has 0 radical (unpaired) electrons. The molecule has 116 valence electrons. The molecule has 0 spiro atoms. The summed E-state index contributed by atoms with van der Waals surface area (Å²) >= 11 is 6.02. The van der Waals surface area contributed by atoms with E-state index in [1.54, 1.807) is 26.0 Å². The maximum Gasteiger partial charge on any atom is 0.307 e. The molecule has 0 aliphatic carbocycles. The van der Waals surface area contributed by atoms with Crippen LogP contribution in [0, 0.1) is 12.8 Å². The van der Waals surface area contributed by atoms with Crippen LogP contribution in [0.4, 0.5) is 0 Å². The molecule has 0 saturated carbocycles. The van der Waals surface area contributed by atoms with Crippen molar-refractivity contribution in [1.82, 2.24) is 4.31 Å². The minimum absolute atomic E-state index is 0.0108. The monoisotopic (exact) mass is 331 g/mol. The van der Waals surface area contributed by atoms with Gasteiger partial charge in [-0.25, -0.2) is 8.42 Å². The number of aryl methyl sites for hydroxylation is 1. The molecule has 1 heterocycles. The van der Waals surface area contributed by atoms with Gasteiger partial charge in [0.2, 0.25) is 10.0 Å². The van der Waals surface area contributed by atoms with E-state index in [1.165, 1.54) is 10.4 Å². The summed E-state index contributed by atoms with van der Waals surface area (Å²) in [6, 6.07) is 4.57. The topological polar surface area (TPSA) is 74.7 Å². The number of carboxylic acid groups (broad SMARTS) is 1. The molecule has 1 aromatic rings. The van der Waals surface area contributed by atoms with Gasteiger partial charge in [0.15, 0.2) is 0 Å². The average molecular weight is 332 g/mol. The number of carboxylic acids is 1. The van der Waals surface area contributed by atoms with E-state index >= 15 is 0 Å². The highest BCUT2D eigenvalue weighted by atomic mass is 35.5. The van der Waals surface area contributed by atoms with Gasteiger partial charge in [-0.05, 0) is 44.4 Å². The summed E-state index contributed by atoms with van der Waals surface area (Å²) in [4.78, 5) is 11.2. The second kappa shape index (κ2) is 5.94. The number of carbonyl (C=O) groups is 1. The highest BCUT2D eigenvalue weighted by Gasteiger charge is 2.38. The fourth-order valence-corrected chi connectivity index (χ4v) is 4.81. The lowest BCUT2D eigenvalue weighted by Gasteiger charge is -2.35. The third-order valence-electron chi connectivity index (χ3n) is 3.85. The number of hydrogen-bond donors (Lipinski definition) is 1. The first-order valence-corrected chi connectivity index (χ1v) is 8.56. The molecular formula is C14H18ClNO4S. The summed E-state index contributed by atoms with van der Waals surface area (Å²) in [5, 5.41) is 9.29. The van der Waals surface area contributed by atoms with E-state index in [-0.39, 0.29) is 22.5 Å². The molecule has 2 unspecified atom stereocenters. The first kappa shape index (κ1) is 16.3. The maximum atomic E-state index is 12.8. The standard InChI is InChI=1S/C14H18ClNO4S/c1-9-3-6-12(15)13(7-9)21(19,20)16-8-11(14(17)18)5-4-10(16)2/h3,6-7,10-11H,4-5,8H2,1-2H3,(H,17,18). The number of nitrogens with zero attached hydrogens (tertiary/aromatic N) is 1. The Labute approximate surface area is 129 Å². The molecular weight excluding hydrogens is 314 g/mol. The molecule has 1 N–H and O–H groups in total. The first-order valence-electron chi connectivity index (χ1n) is 6.74. The van der Waals surface area contributed by atoms with Gasteiger partial charge in [-0.2, -0.15) is 4.31 Å². The van der Waals surface area contributed by atoms with Crippen molar-refractivity contribution >= 4 is 27.6 Å². The van der Waals surface area contributed by atoms with E-state index in [1.807, 2.05) is 0 Å². The van der Waals surface area contributed by atoms with Crippen molar-refractivity contribution in [1.29, 1.82) is 0 Å². The molecule has 2 rings (SSSR count). The molecule has 7 heteroatoms. The molecule has 0 bridgehead atoms. The third kappa shape index (κ3) is 3.22. The van der Waals surface area contributed by atoms with Crippen LogP contribution in [0.2, 0.25) is 5.02 Å². The fraction of sp³-hybridized carbons (Fsp3) is 0.500. The Balaban J connectivity index is 2.42. The van der Waals surface area contributed by atoms with Crippen LogP contribution >= 0.6 is 11.6 Å². The quantitative estimate of drug-likeness (QED) is 0.923. The predicted octanol–water partition coefficient (Wildman–Crippen LogP) is 2.52. The Hall–Kier alpha value is -1.11. The Morgan fingerprint density at radius 1 is 1.38 bits per heavy atom. The van der Waals surface area contributed by atoms with Crippen molar-refractivity contribution in [3.63, 3.8) is 0 Å². The fourth-order valence-electron chi connectivity index (χ4n) is 2.55. The summed E-state index contributed by atoms with van der Waals surface area (Å²) in [6.45, 7) is 3.57. The number of aliphatic carboxylic acids is 1. The van der Waals surface area contributed by atoms with E-state index in [0.29, 0.717) is 12.8 Å². The molecule has 1 aliphatic heterocycles. The van der Waals surface area contributed by atoms with E-state index in [4.69, 9.17) is 16.7 Å². The van der Waals surface area contributed by atoms with Gasteiger partial charge in [0.05, 0.1) is 10.9 Å². The lowest BCUT2D eigenvalue weighted by atomic mass is 9.96. The van der Waals surface area contributed by atoms with E-state index in [9.17, 15) is 13.2 Å². The minimum atomic E-state index is -3.79. The maximum absolute atomic E-state index is 12.8. The van der Waals surface area contributed by atoms with Gasteiger partial charge < -0.3 is 5.11 Å². The van der Waals surface area contributed by atoms with E-state index in [2.05, 4.69) is 0 Å². The zero-order chi connectivity index (χ0) is 15.8. The average Bonchev–Trinajstić information content (AvgIpc) is 2.41. The number of hydrogen-bond acceptors (Lipinski definition) is 3. The molecule has 1 aliphatic rings. The van der Waals surface area contributed by atoms with Gasteiger partial charge in [0.1, 0.15) is 4.90 Å². The van der Waals surface area contributed by atoms with E-state index in [0.717, 1.165) is 5.56 Å². The minimum Gasteiger partial charge on any atom is -0.481 e. The Kier molecular flexibility index (Phi) is 4.60. The number of rotatable bonds is 3. The highest BCUT2D eigenvalue weighted by molar-refractivity contribution is 7.89. The van der Waals surface area contributed by atoms with Crippen LogP contribution < -0.4 is 0 Å². The van der Waals surface area contributed by atoms with Crippen molar-refractivity contribution in [3.8, 4) is 0 Å². The van der Waals surface area contributed by atoms with Crippen LogP contribution in [0.25, 0.3) is 0 Å². The second-order valence-electron chi connectivity index (χ2n) is 5.47. The Morgan fingerprint density at radius 2 is 2.05 bits per heavy atom. The SMILES string of the molecule is Cc1ccc(Cl)c(S(=O)(=O)N2CC(C(=O)O)CCC2C)c1. The largest absolute Gasteiger partial charge is 0.481 e. The van der Waals surface area contributed by atoms with Crippen molar-refractivity contribution in [2.45, 2.75) is 37.6 Å². The van der Waals surface area contributed by atoms with Crippen LogP contribution in [0.1, 0.15) is 25.3 Å². The van der Waals surface area contributed by atoms with Crippen molar-refractivity contribution in [3.05, 3.63) is 28.8 Å². The molecule has 5 nitrogen and oxygen atoms in total. The number of sulfonamides is 1. The lowest BCUT2D eigenvalue weighted by Crippen LogP contribution is -2.47.